The third-order valence-electron chi connectivity index (χ3n) is 2.74. The zero-order valence-corrected chi connectivity index (χ0v) is 12.8. The van der Waals surface area contributed by atoms with Crippen molar-refractivity contribution in [2.75, 3.05) is 13.7 Å². The highest BCUT2D eigenvalue weighted by molar-refractivity contribution is 6.10. The van der Waals surface area contributed by atoms with Crippen LogP contribution in [0.15, 0.2) is 40.6 Å². The lowest BCUT2D eigenvalue weighted by Crippen LogP contribution is -2.13. The van der Waals surface area contributed by atoms with E-state index < -0.39 is 5.97 Å². The van der Waals surface area contributed by atoms with Gasteiger partial charge in [0.25, 0.3) is 0 Å². The first-order chi connectivity index (χ1) is 10.0. The van der Waals surface area contributed by atoms with Crippen molar-refractivity contribution in [2.45, 2.75) is 20.8 Å². The maximum Gasteiger partial charge on any atom is 0.343 e. The zero-order chi connectivity index (χ0) is 15.8. The third-order valence-corrected chi connectivity index (χ3v) is 2.74. The van der Waals surface area contributed by atoms with Crippen LogP contribution in [0.5, 0.6) is 5.75 Å². The fraction of sp³-hybridized carbons (Fsp3) is 0.375. The van der Waals surface area contributed by atoms with Gasteiger partial charge in [-0.3, -0.25) is 4.99 Å². The molecule has 0 atom stereocenters. The largest absolute Gasteiger partial charge is 0.511 e. The molecule has 0 fully saturated rings. The Balaban J connectivity index is 3.15. The molecule has 0 amide bonds. The zero-order valence-electron chi connectivity index (χ0n) is 12.8. The van der Waals surface area contributed by atoms with E-state index in [2.05, 4.69) is 4.99 Å². The second-order valence-corrected chi connectivity index (χ2v) is 4.60. The van der Waals surface area contributed by atoms with Gasteiger partial charge in [0.15, 0.2) is 0 Å². The summed E-state index contributed by atoms with van der Waals surface area (Å²) in [5, 5.41) is 10.0. The lowest BCUT2D eigenvalue weighted by Gasteiger charge is -2.09. The highest BCUT2D eigenvalue weighted by Gasteiger charge is 2.17. The second kappa shape index (κ2) is 8.09. The number of hydrogen-bond acceptors (Lipinski definition) is 5. The minimum Gasteiger partial charge on any atom is -0.511 e. The summed E-state index contributed by atoms with van der Waals surface area (Å²) < 4.78 is 10.1. The van der Waals surface area contributed by atoms with Crippen molar-refractivity contribution in [2.24, 2.45) is 10.9 Å². The lowest BCUT2D eigenvalue weighted by atomic mass is 10.1. The van der Waals surface area contributed by atoms with Crippen LogP contribution in [-0.4, -0.2) is 31.0 Å². The Morgan fingerprint density at radius 1 is 1.38 bits per heavy atom. The second-order valence-electron chi connectivity index (χ2n) is 4.60. The number of hydrogen-bond donors (Lipinski definition) is 1. The van der Waals surface area contributed by atoms with E-state index in [4.69, 9.17) is 9.47 Å². The van der Waals surface area contributed by atoms with Crippen LogP contribution >= 0.6 is 0 Å². The molecule has 0 aliphatic rings. The molecule has 0 radical (unpaired) electrons. The standard InChI is InChI=1S/C16H21NO4/c1-5-21-16(19)12(15(18)11(2)3)10-17-13-8-6-7-9-14(13)20-4/h6-11,18H,5H2,1-4H3. The molecule has 1 aromatic carbocycles. The van der Waals surface area contributed by atoms with Crippen LogP contribution < -0.4 is 4.74 Å². The molecule has 1 aromatic rings. The molecule has 0 saturated carbocycles. The number of methoxy groups -OCH3 is 1. The Morgan fingerprint density at radius 3 is 2.62 bits per heavy atom. The summed E-state index contributed by atoms with van der Waals surface area (Å²) in [5.41, 5.74) is 0.621. The van der Waals surface area contributed by atoms with Gasteiger partial charge < -0.3 is 14.6 Å². The van der Waals surface area contributed by atoms with Crippen molar-refractivity contribution >= 4 is 17.9 Å². The van der Waals surface area contributed by atoms with E-state index in [1.165, 1.54) is 6.21 Å². The number of esters is 1. The van der Waals surface area contributed by atoms with Crippen molar-refractivity contribution < 1.29 is 19.4 Å². The number of para-hydroxylation sites is 2. The Hall–Kier alpha value is -2.30. The number of aliphatic hydroxyl groups is 1. The molecule has 0 heterocycles. The monoisotopic (exact) mass is 291 g/mol. The minimum absolute atomic E-state index is 0.0490. The van der Waals surface area contributed by atoms with Crippen molar-refractivity contribution in [1.29, 1.82) is 0 Å². The molecule has 5 heteroatoms. The summed E-state index contributed by atoms with van der Waals surface area (Å²) in [6.07, 6.45) is 1.31. The Kier molecular flexibility index (Phi) is 6.46. The van der Waals surface area contributed by atoms with Gasteiger partial charge in [-0.2, -0.15) is 0 Å². The summed E-state index contributed by atoms with van der Waals surface area (Å²) in [6.45, 7) is 5.51. The summed E-state index contributed by atoms with van der Waals surface area (Å²) >= 11 is 0. The molecular formula is C16H21NO4. The van der Waals surface area contributed by atoms with Gasteiger partial charge in [-0.25, -0.2) is 4.79 Å². The number of rotatable bonds is 6. The maximum atomic E-state index is 11.9. The quantitative estimate of drug-likeness (QED) is 0.377. The van der Waals surface area contributed by atoms with Gasteiger partial charge in [0.1, 0.15) is 22.8 Å². The van der Waals surface area contributed by atoms with Gasteiger partial charge >= 0.3 is 5.97 Å². The number of aliphatic imine (C=N–C) groups is 1. The molecule has 114 valence electrons. The minimum atomic E-state index is -0.595. The highest BCUT2D eigenvalue weighted by Crippen LogP contribution is 2.26. The normalized spacial score (nSPS) is 12.4. The smallest absolute Gasteiger partial charge is 0.343 e. The van der Waals surface area contributed by atoms with Crippen LogP contribution in [0.1, 0.15) is 20.8 Å². The molecule has 0 unspecified atom stereocenters. The van der Waals surface area contributed by atoms with Gasteiger partial charge in [-0.1, -0.05) is 26.0 Å². The van der Waals surface area contributed by atoms with E-state index in [-0.39, 0.29) is 23.9 Å². The molecule has 0 spiro atoms. The van der Waals surface area contributed by atoms with Crippen molar-refractivity contribution in [1.82, 2.24) is 0 Å². The van der Waals surface area contributed by atoms with Gasteiger partial charge in [0.05, 0.1) is 13.7 Å². The fourth-order valence-corrected chi connectivity index (χ4v) is 1.61. The maximum absolute atomic E-state index is 11.9. The van der Waals surface area contributed by atoms with E-state index in [9.17, 15) is 9.90 Å². The van der Waals surface area contributed by atoms with Crippen LogP contribution in [0.3, 0.4) is 0 Å². The van der Waals surface area contributed by atoms with Crippen LogP contribution in [0.25, 0.3) is 0 Å². The average molecular weight is 291 g/mol. The summed E-state index contributed by atoms with van der Waals surface area (Å²) in [6, 6.07) is 7.16. The number of nitrogens with zero attached hydrogens (tertiary/aromatic N) is 1. The van der Waals surface area contributed by atoms with E-state index in [0.29, 0.717) is 11.4 Å². The van der Waals surface area contributed by atoms with E-state index >= 15 is 0 Å². The van der Waals surface area contributed by atoms with Crippen LogP contribution in [0.4, 0.5) is 5.69 Å². The summed E-state index contributed by atoms with van der Waals surface area (Å²) in [7, 11) is 1.54. The molecule has 21 heavy (non-hydrogen) atoms. The lowest BCUT2D eigenvalue weighted by molar-refractivity contribution is -0.138. The molecule has 0 aliphatic carbocycles. The van der Waals surface area contributed by atoms with Gasteiger partial charge in [-0.05, 0) is 19.1 Å². The predicted molar refractivity (Wildman–Crippen MR) is 82.3 cm³/mol. The molecule has 0 saturated heterocycles. The number of carbonyl (C=O) groups excluding carboxylic acids is 1. The summed E-state index contributed by atoms with van der Waals surface area (Å²) in [5.74, 6) is -0.260. The number of benzene rings is 1. The van der Waals surface area contributed by atoms with Crippen molar-refractivity contribution in [3.63, 3.8) is 0 Å². The molecule has 5 nitrogen and oxygen atoms in total. The van der Waals surface area contributed by atoms with Crippen molar-refractivity contribution in [3.05, 3.63) is 35.6 Å². The first kappa shape index (κ1) is 16.8. The van der Waals surface area contributed by atoms with Crippen LogP contribution in [-0.2, 0) is 9.53 Å². The average Bonchev–Trinajstić information content (AvgIpc) is 2.47. The number of aliphatic hydroxyl groups excluding tert-OH is 1. The van der Waals surface area contributed by atoms with E-state index in [1.54, 1.807) is 40.0 Å². The number of carbonyl (C=O) groups is 1. The highest BCUT2D eigenvalue weighted by atomic mass is 16.5. The first-order valence-corrected chi connectivity index (χ1v) is 6.78. The predicted octanol–water partition coefficient (Wildman–Crippen LogP) is 3.43. The SMILES string of the molecule is CCOC(=O)C(C=Nc1ccccc1OC)=C(O)C(C)C. The molecule has 1 rings (SSSR count). The van der Waals surface area contributed by atoms with Gasteiger partial charge in [-0.15, -0.1) is 0 Å². The topological polar surface area (TPSA) is 68.1 Å². The third kappa shape index (κ3) is 4.63. The van der Waals surface area contributed by atoms with Crippen molar-refractivity contribution in [3.8, 4) is 5.75 Å². The Morgan fingerprint density at radius 2 is 2.05 bits per heavy atom. The van der Waals surface area contributed by atoms with E-state index in [1.807, 2.05) is 12.1 Å². The van der Waals surface area contributed by atoms with E-state index in [0.717, 1.165) is 0 Å². The fourth-order valence-electron chi connectivity index (χ4n) is 1.61. The first-order valence-electron chi connectivity index (χ1n) is 6.78. The summed E-state index contributed by atoms with van der Waals surface area (Å²) in [4.78, 5) is 16.1. The molecule has 1 N–H and O–H groups in total. The van der Waals surface area contributed by atoms with Crippen LogP contribution in [0.2, 0.25) is 0 Å². The Labute approximate surface area is 124 Å². The molecule has 0 aliphatic heterocycles. The van der Waals surface area contributed by atoms with Gasteiger partial charge in [0.2, 0.25) is 0 Å². The molecule has 0 bridgehead atoms. The molecular weight excluding hydrogens is 270 g/mol. The Bertz CT molecular complexity index is 547. The van der Waals surface area contributed by atoms with Crippen LogP contribution in [0, 0.1) is 5.92 Å². The van der Waals surface area contributed by atoms with Gasteiger partial charge in [0, 0.05) is 12.1 Å². The molecule has 0 aromatic heterocycles. The number of ether oxygens (including phenoxy) is 2. The number of allylic oxidation sites excluding steroid dienone is 1.